The van der Waals surface area contributed by atoms with Crippen LogP contribution in [-0.2, 0) is 12.8 Å². The Morgan fingerprint density at radius 1 is 1.32 bits per heavy atom. The summed E-state index contributed by atoms with van der Waals surface area (Å²) >= 11 is 1.52. The van der Waals surface area contributed by atoms with E-state index in [-0.39, 0.29) is 5.91 Å². The van der Waals surface area contributed by atoms with Crippen molar-refractivity contribution in [3.63, 3.8) is 0 Å². The maximum absolute atomic E-state index is 12.7. The fraction of sp³-hybridized carbons (Fsp3) is 0.308. The molecular formula is C13H12FN3OS. The third kappa shape index (κ3) is 2.63. The zero-order valence-corrected chi connectivity index (χ0v) is 11.0. The summed E-state index contributed by atoms with van der Waals surface area (Å²) in [6.07, 6.45) is 5.59. The number of carbonyl (C=O) groups is 1. The molecule has 0 radical (unpaired) electrons. The van der Waals surface area contributed by atoms with Gasteiger partial charge in [0.25, 0.3) is 5.91 Å². The topological polar surface area (TPSA) is 54.9 Å². The van der Waals surface area contributed by atoms with E-state index < -0.39 is 5.95 Å². The molecule has 4 nitrogen and oxygen atoms in total. The molecule has 6 heteroatoms. The molecule has 0 fully saturated rings. The van der Waals surface area contributed by atoms with E-state index in [9.17, 15) is 9.18 Å². The van der Waals surface area contributed by atoms with E-state index in [1.165, 1.54) is 41.0 Å². The van der Waals surface area contributed by atoms with Gasteiger partial charge >= 0.3 is 0 Å². The number of aryl methyl sites for hydroxylation is 2. The second-order valence-electron chi connectivity index (χ2n) is 4.42. The molecule has 19 heavy (non-hydrogen) atoms. The van der Waals surface area contributed by atoms with Crippen LogP contribution in [-0.4, -0.2) is 15.9 Å². The van der Waals surface area contributed by atoms with Gasteiger partial charge in [0.15, 0.2) is 5.13 Å². The van der Waals surface area contributed by atoms with Gasteiger partial charge in [-0.05, 0) is 37.8 Å². The highest BCUT2D eigenvalue weighted by molar-refractivity contribution is 7.15. The van der Waals surface area contributed by atoms with E-state index >= 15 is 0 Å². The van der Waals surface area contributed by atoms with E-state index in [2.05, 4.69) is 15.3 Å². The number of fused-ring (bicyclic) bond motifs is 1. The molecule has 0 unspecified atom stereocenters. The second-order valence-corrected chi connectivity index (χ2v) is 5.50. The van der Waals surface area contributed by atoms with Crippen molar-refractivity contribution in [1.82, 2.24) is 9.97 Å². The first kappa shape index (κ1) is 12.2. The molecule has 1 aliphatic carbocycles. The van der Waals surface area contributed by atoms with E-state index in [4.69, 9.17) is 0 Å². The zero-order chi connectivity index (χ0) is 13.2. The summed E-state index contributed by atoms with van der Waals surface area (Å²) in [5.74, 6) is -0.903. The number of nitrogens with zero attached hydrogens (tertiary/aromatic N) is 2. The Balaban J connectivity index is 1.75. The highest BCUT2D eigenvalue weighted by Gasteiger charge is 2.16. The highest BCUT2D eigenvalue weighted by atomic mass is 32.1. The summed E-state index contributed by atoms with van der Waals surface area (Å²) in [5.41, 5.74) is 1.43. The summed E-state index contributed by atoms with van der Waals surface area (Å²) < 4.78 is 12.7. The Morgan fingerprint density at radius 2 is 2.16 bits per heavy atom. The van der Waals surface area contributed by atoms with Crippen LogP contribution in [0.4, 0.5) is 9.52 Å². The SMILES string of the molecule is O=C(Nc1nc2c(s1)CCCC2)c1ccc(F)nc1. The van der Waals surface area contributed by atoms with Gasteiger partial charge in [-0.3, -0.25) is 10.1 Å². The minimum atomic E-state index is -0.596. The molecule has 2 aromatic rings. The molecule has 0 saturated carbocycles. The van der Waals surface area contributed by atoms with Gasteiger partial charge in [-0.15, -0.1) is 11.3 Å². The van der Waals surface area contributed by atoms with Crippen LogP contribution in [0.3, 0.4) is 0 Å². The van der Waals surface area contributed by atoms with E-state index in [0.717, 1.165) is 25.0 Å². The number of thiazole rings is 1. The van der Waals surface area contributed by atoms with Crippen LogP contribution in [0.15, 0.2) is 18.3 Å². The first-order valence-corrected chi connectivity index (χ1v) is 6.95. The monoisotopic (exact) mass is 277 g/mol. The predicted octanol–water partition coefficient (Wildman–Crippen LogP) is 2.81. The molecule has 1 amide bonds. The van der Waals surface area contributed by atoms with Crippen LogP contribution < -0.4 is 5.32 Å². The minimum absolute atomic E-state index is 0.307. The second kappa shape index (κ2) is 5.05. The first-order valence-electron chi connectivity index (χ1n) is 6.14. The molecule has 1 aliphatic rings. The molecule has 0 atom stereocenters. The summed E-state index contributed by atoms with van der Waals surface area (Å²) in [6, 6.07) is 2.58. The van der Waals surface area contributed by atoms with Crippen molar-refractivity contribution < 1.29 is 9.18 Å². The van der Waals surface area contributed by atoms with E-state index in [1.54, 1.807) is 0 Å². The molecule has 2 aromatic heterocycles. The molecule has 98 valence electrons. The number of hydrogen-bond acceptors (Lipinski definition) is 4. The van der Waals surface area contributed by atoms with E-state index in [0.29, 0.717) is 10.7 Å². The van der Waals surface area contributed by atoms with Gasteiger partial charge in [-0.1, -0.05) is 0 Å². The van der Waals surface area contributed by atoms with Gasteiger partial charge in [0.1, 0.15) is 0 Å². The average Bonchev–Trinajstić information content (AvgIpc) is 2.81. The maximum Gasteiger partial charge on any atom is 0.259 e. The Hall–Kier alpha value is -1.82. The van der Waals surface area contributed by atoms with Crippen LogP contribution in [0.5, 0.6) is 0 Å². The molecule has 0 aliphatic heterocycles. The van der Waals surface area contributed by atoms with Crippen LogP contribution in [0.2, 0.25) is 0 Å². The van der Waals surface area contributed by atoms with Crippen molar-refractivity contribution >= 4 is 22.4 Å². The fourth-order valence-electron chi connectivity index (χ4n) is 2.08. The Morgan fingerprint density at radius 3 is 2.89 bits per heavy atom. The molecule has 3 rings (SSSR count). The average molecular weight is 277 g/mol. The maximum atomic E-state index is 12.7. The smallest absolute Gasteiger partial charge is 0.259 e. The molecule has 0 aromatic carbocycles. The van der Waals surface area contributed by atoms with Crippen molar-refractivity contribution in [2.45, 2.75) is 25.7 Å². The molecule has 1 N–H and O–H groups in total. The van der Waals surface area contributed by atoms with Crippen molar-refractivity contribution in [3.8, 4) is 0 Å². The Kier molecular flexibility index (Phi) is 3.25. The van der Waals surface area contributed by atoms with Crippen molar-refractivity contribution in [3.05, 3.63) is 40.4 Å². The van der Waals surface area contributed by atoms with Crippen LogP contribution in [0.1, 0.15) is 33.8 Å². The summed E-state index contributed by atoms with van der Waals surface area (Å²) in [7, 11) is 0. The minimum Gasteiger partial charge on any atom is -0.298 e. The largest absolute Gasteiger partial charge is 0.298 e. The highest BCUT2D eigenvalue weighted by Crippen LogP contribution is 2.29. The summed E-state index contributed by atoms with van der Waals surface area (Å²) in [6.45, 7) is 0. The predicted molar refractivity (Wildman–Crippen MR) is 70.9 cm³/mol. The number of rotatable bonds is 2. The number of amides is 1. The van der Waals surface area contributed by atoms with Crippen molar-refractivity contribution in [2.75, 3.05) is 5.32 Å². The fourth-order valence-corrected chi connectivity index (χ4v) is 3.13. The lowest BCUT2D eigenvalue weighted by Gasteiger charge is -2.06. The quantitative estimate of drug-likeness (QED) is 0.859. The third-order valence-corrected chi connectivity index (χ3v) is 4.13. The number of hydrogen-bond donors (Lipinski definition) is 1. The Labute approximate surface area is 113 Å². The first-order chi connectivity index (χ1) is 9.22. The number of nitrogens with one attached hydrogen (secondary N) is 1. The molecule has 0 bridgehead atoms. The summed E-state index contributed by atoms with van der Waals surface area (Å²) in [5, 5.41) is 3.35. The number of anilines is 1. The normalized spacial score (nSPS) is 13.9. The van der Waals surface area contributed by atoms with Crippen molar-refractivity contribution in [2.24, 2.45) is 0 Å². The van der Waals surface area contributed by atoms with Crippen LogP contribution >= 0.6 is 11.3 Å². The number of carbonyl (C=O) groups excluding carboxylic acids is 1. The number of halogens is 1. The van der Waals surface area contributed by atoms with Gasteiger partial charge in [0.2, 0.25) is 5.95 Å². The van der Waals surface area contributed by atoms with Gasteiger partial charge in [0, 0.05) is 11.1 Å². The van der Waals surface area contributed by atoms with Gasteiger partial charge in [-0.2, -0.15) is 4.39 Å². The number of aromatic nitrogens is 2. The zero-order valence-electron chi connectivity index (χ0n) is 10.1. The number of pyridine rings is 1. The molecular weight excluding hydrogens is 265 g/mol. The van der Waals surface area contributed by atoms with Gasteiger partial charge < -0.3 is 0 Å². The standard InChI is InChI=1S/C13H12FN3OS/c14-11-6-5-8(7-15-11)12(18)17-13-16-9-3-1-2-4-10(9)19-13/h5-7H,1-4H2,(H,16,17,18). The summed E-state index contributed by atoms with van der Waals surface area (Å²) in [4.78, 5) is 21.1. The molecule has 0 saturated heterocycles. The lowest BCUT2D eigenvalue weighted by atomic mass is 10.0. The lowest BCUT2D eigenvalue weighted by Crippen LogP contribution is -2.12. The molecule has 2 heterocycles. The van der Waals surface area contributed by atoms with Crippen LogP contribution in [0.25, 0.3) is 0 Å². The molecule has 0 spiro atoms. The van der Waals surface area contributed by atoms with Crippen molar-refractivity contribution in [1.29, 1.82) is 0 Å². The van der Waals surface area contributed by atoms with E-state index in [1.807, 2.05) is 0 Å². The lowest BCUT2D eigenvalue weighted by molar-refractivity contribution is 0.102. The van der Waals surface area contributed by atoms with Crippen LogP contribution in [0, 0.1) is 5.95 Å². The third-order valence-electron chi connectivity index (χ3n) is 3.06. The van der Waals surface area contributed by atoms with Gasteiger partial charge in [0.05, 0.1) is 11.3 Å². The Bertz CT molecular complexity index is 585. The van der Waals surface area contributed by atoms with Gasteiger partial charge in [-0.25, -0.2) is 9.97 Å².